The number of rotatable bonds is 9. The number of aliphatic hydroxyl groups excluding tert-OH is 1. The normalized spacial score (nSPS) is 11.6. The summed E-state index contributed by atoms with van der Waals surface area (Å²) in [7, 11) is -2.36. The van der Waals surface area contributed by atoms with Crippen LogP contribution >= 0.6 is 11.6 Å². The number of benzene rings is 3. The lowest BCUT2D eigenvalue weighted by Crippen LogP contribution is -2.11. The lowest BCUT2D eigenvalue weighted by atomic mass is 10.1. The second-order valence-corrected chi connectivity index (χ2v) is 9.26. The molecule has 3 aromatic rings. The topological polar surface area (TPSA) is 93.1 Å². The Labute approximate surface area is 186 Å². The van der Waals surface area contributed by atoms with Gasteiger partial charge in [0.1, 0.15) is 12.4 Å². The fourth-order valence-electron chi connectivity index (χ4n) is 3.06. The largest absolute Gasteiger partial charge is 0.491 e. The standard InChI is InChI=1S/C23H23ClO6S/c1-29-9-10-30-20-11-16(13-23(25)26)12-22(15-20)31(27,28)21-4-2-3-18(14-21)17-5-7-19(24)8-6-17/h2-8,11-12,14-15,23,25-26H,9-10,13H2,1H3. The molecule has 0 aromatic heterocycles. The van der Waals surface area contributed by atoms with Gasteiger partial charge in [0.25, 0.3) is 0 Å². The van der Waals surface area contributed by atoms with Gasteiger partial charge in [0.2, 0.25) is 9.84 Å². The molecule has 3 aromatic carbocycles. The van der Waals surface area contributed by atoms with E-state index in [1.54, 1.807) is 30.3 Å². The van der Waals surface area contributed by atoms with E-state index in [1.807, 2.05) is 18.2 Å². The molecule has 0 amide bonds. The summed E-state index contributed by atoms with van der Waals surface area (Å²) < 4.78 is 37.3. The second kappa shape index (κ2) is 10.3. The van der Waals surface area contributed by atoms with Crippen LogP contribution in [0.2, 0.25) is 5.02 Å². The predicted molar refractivity (Wildman–Crippen MR) is 118 cm³/mol. The highest BCUT2D eigenvalue weighted by Crippen LogP contribution is 2.30. The zero-order valence-corrected chi connectivity index (χ0v) is 18.4. The molecule has 6 nitrogen and oxygen atoms in total. The van der Waals surface area contributed by atoms with E-state index in [4.69, 9.17) is 21.1 Å². The summed E-state index contributed by atoms with van der Waals surface area (Å²) in [6, 6.07) is 18.2. The molecule has 0 heterocycles. The van der Waals surface area contributed by atoms with Crippen molar-refractivity contribution in [3.8, 4) is 16.9 Å². The van der Waals surface area contributed by atoms with Crippen molar-refractivity contribution in [1.82, 2.24) is 0 Å². The summed E-state index contributed by atoms with van der Waals surface area (Å²) in [6.45, 7) is 0.561. The Morgan fingerprint density at radius 1 is 0.903 bits per heavy atom. The van der Waals surface area contributed by atoms with E-state index >= 15 is 0 Å². The average molecular weight is 463 g/mol. The van der Waals surface area contributed by atoms with Crippen molar-refractivity contribution in [3.05, 3.63) is 77.3 Å². The van der Waals surface area contributed by atoms with Gasteiger partial charge in [-0.15, -0.1) is 0 Å². The quantitative estimate of drug-likeness (QED) is 0.372. The highest BCUT2D eigenvalue weighted by atomic mass is 35.5. The third-order valence-electron chi connectivity index (χ3n) is 4.55. The monoisotopic (exact) mass is 462 g/mol. The molecule has 2 N–H and O–H groups in total. The molecule has 3 rings (SSSR count). The van der Waals surface area contributed by atoms with Crippen LogP contribution < -0.4 is 4.74 Å². The fourth-order valence-corrected chi connectivity index (χ4v) is 4.58. The number of ether oxygens (including phenoxy) is 2. The van der Waals surface area contributed by atoms with Crippen molar-refractivity contribution in [2.24, 2.45) is 0 Å². The van der Waals surface area contributed by atoms with Gasteiger partial charge in [-0.25, -0.2) is 8.42 Å². The minimum Gasteiger partial charge on any atom is -0.491 e. The van der Waals surface area contributed by atoms with E-state index in [0.717, 1.165) is 11.1 Å². The molecule has 0 fully saturated rings. The highest BCUT2D eigenvalue weighted by Gasteiger charge is 2.21. The number of hydrogen-bond acceptors (Lipinski definition) is 6. The first kappa shape index (κ1) is 23.2. The molecule has 0 aliphatic carbocycles. The summed E-state index contributed by atoms with van der Waals surface area (Å²) in [5.41, 5.74) is 2.00. The van der Waals surface area contributed by atoms with E-state index in [-0.39, 0.29) is 22.8 Å². The SMILES string of the molecule is COCCOc1cc(CC(O)O)cc(S(=O)(=O)c2cccc(-c3ccc(Cl)cc3)c2)c1. The Morgan fingerprint density at radius 2 is 1.65 bits per heavy atom. The molecule has 0 saturated carbocycles. The van der Waals surface area contributed by atoms with Gasteiger partial charge in [-0.3, -0.25) is 0 Å². The van der Waals surface area contributed by atoms with Crippen LogP contribution in [0.3, 0.4) is 0 Å². The van der Waals surface area contributed by atoms with Crippen LogP contribution in [0, 0.1) is 0 Å². The van der Waals surface area contributed by atoms with Gasteiger partial charge in [-0.05, 0) is 59.2 Å². The summed E-state index contributed by atoms with van der Waals surface area (Å²) in [5, 5.41) is 19.3. The maximum atomic E-state index is 13.4. The van der Waals surface area contributed by atoms with Gasteiger partial charge in [0.05, 0.1) is 16.4 Å². The first-order valence-electron chi connectivity index (χ1n) is 9.52. The van der Waals surface area contributed by atoms with E-state index in [1.165, 1.54) is 25.3 Å². The van der Waals surface area contributed by atoms with E-state index in [0.29, 0.717) is 22.9 Å². The van der Waals surface area contributed by atoms with E-state index < -0.39 is 16.1 Å². The zero-order valence-electron chi connectivity index (χ0n) is 16.9. The summed E-state index contributed by atoms with van der Waals surface area (Å²) in [4.78, 5) is 0.121. The van der Waals surface area contributed by atoms with Crippen LogP contribution in [0.4, 0.5) is 0 Å². The van der Waals surface area contributed by atoms with Crippen molar-refractivity contribution in [1.29, 1.82) is 0 Å². The molecule has 0 aliphatic rings. The Morgan fingerprint density at radius 3 is 2.32 bits per heavy atom. The lowest BCUT2D eigenvalue weighted by molar-refractivity contribution is -0.0382. The third kappa shape index (κ3) is 6.06. The summed E-state index contributed by atoms with van der Waals surface area (Å²) >= 11 is 5.94. The summed E-state index contributed by atoms with van der Waals surface area (Å²) in [6.07, 6.45) is -1.74. The van der Waals surface area contributed by atoms with Crippen LogP contribution in [0.15, 0.2) is 76.5 Å². The zero-order chi connectivity index (χ0) is 22.4. The number of halogens is 1. The molecule has 0 saturated heterocycles. The number of hydrogen-bond donors (Lipinski definition) is 2. The molecule has 31 heavy (non-hydrogen) atoms. The molecule has 164 valence electrons. The third-order valence-corrected chi connectivity index (χ3v) is 6.53. The van der Waals surface area contributed by atoms with Crippen molar-refractivity contribution < 1.29 is 28.1 Å². The predicted octanol–water partition coefficient (Wildman–Crippen LogP) is 3.72. The van der Waals surface area contributed by atoms with E-state index in [2.05, 4.69) is 0 Å². The van der Waals surface area contributed by atoms with Crippen LogP contribution in [-0.2, 0) is 21.0 Å². The maximum Gasteiger partial charge on any atom is 0.206 e. The van der Waals surface area contributed by atoms with E-state index in [9.17, 15) is 18.6 Å². The number of aliphatic hydroxyl groups is 2. The van der Waals surface area contributed by atoms with Gasteiger partial charge < -0.3 is 19.7 Å². The fraction of sp³-hybridized carbons (Fsp3) is 0.217. The van der Waals surface area contributed by atoms with Crippen molar-refractivity contribution in [2.75, 3.05) is 20.3 Å². The molecule has 0 aliphatic heterocycles. The molecule has 8 heteroatoms. The molecular weight excluding hydrogens is 440 g/mol. The maximum absolute atomic E-state index is 13.4. The molecule has 0 spiro atoms. The van der Waals surface area contributed by atoms with Crippen molar-refractivity contribution in [3.63, 3.8) is 0 Å². The second-order valence-electron chi connectivity index (χ2n) is 6.88. The van der Waals surface area contributed by atoms with Gasteiger partial charge >= 0.3 is 0 Å². The lowest BCUT2D eigenvalue weighted by Gasteiger charge is -2.13. The highest BCUT2D eigenvalue weighted by molar-refractivity contribution is 7.91. The van der Waals surface area contributed by atoms with Crippen LogP contribution in [0.5, 0.6) is 5.75 Å². The Kier molecular flexibility index (Phi) is 7.69. The first-order chi connectivity index (χ1) is 14.8. The Bertz CT molecular complexity index is 1130. The Hall–Kier alpha value is -2.42. The average Bonchev–Trinajstić information content (AvgIpc) is 2.74. The summed E-state index contributed by atoms with van der Waals surface area (Å²) in [5.74, 6) is 0.308. The van der Waals surface area contributed by atoms with Gasteiger partial charge in [0.15, 0.2) is 6.29 Å². The van der Waals surface area contributed by atoms with Gasteiger partial charge in [-0.1, -0.05) is 35.9 Å². The Balaban J connectivity index is 2.01. The molecule has 0 atom stereocenters. The minimum atomic E-state index is -3.89. The van der Waals surface area contributed by atoms with Crippen molar-refractivity contribution >= 4 is 21.4 Å². The minimum absolute atomic E-state index is 0.00585. The van der Waals surface area contributed by atoms with Crippen LogP contribution in [0.25, 0.3) is 11.1 Å². The van der Waals surface area contributed by atoms with Gasteiger partial charge in [0, 0.05) is 18.6 Å². The smallest absolute Gasteiger partial charge is 0.206 e. The van der Waals surface area contributed by atoms with Crippen molar-refractivity contribution in [2.45, 2.75) is 22.5 Å². The number of methoxy groups -OCH3 is 1. The molecule has 0 bridgehead atoms. The van der Waals surface area contributed by atoms with Gasteiger partial charge in [-0.2, -0.15) is 0 Å². The molecule has 0 unspecified atom stereocenters. The van der Waals surface area contributed by atoms with Crippen LogP contribution in [0.1, 0.15) is 5.56 Å². The first-order valence-corrected chi connectivity index (χ1v) is 11.4. The van der Waals surface area contributed by atoms with Crippen LogP contribution in [-0.4, -0.2) is 45.2 Å². The molecular formula is C23H23ClO6S. The molecule has 0 radical (unpaired) electrons. The number of sulfone groups is 1.